The number of nitrogens with one attached hydrogen (secondary N) is 1. The van der Waals surface area contributed by atoms with Gasteiger partial charge in [-0.15, -0.1) is 0 Å². The zero-order valence-electron chi connectivity index (χ0n) is 9.79. The highest BCUT2D eigenvalue weighted by Crippen LogP contribution is 2.25. The van der Waals surface area contributed by atoms with Crippen molar-refractivity contribution in [2.45, 2.75) is 19.9 Å². The molecule has 0 fully saturated rings. The van der Waals surface area contributed by atoms with Crippen molar-refractivity contribution in [3.05, 3.63) is 29.3 Å². The van der Waals surface area contributed by atoms with Gasteiger partial charge in [0.15, 0.2) is 0 Å². The second-order valence-corrected chi connectivity index (χ2v) is 3.91. The molecule has 1 N–H and O–H groups in total. The standard InChI is InChI=1S/C13H19NO2/c1-2-15-8-6-14-10-11-3-4-13-12(9-11)5-7-16-13/h3-4,9,14H,2,5-8,10H2,1H3. The Morgan fingerprint density at radius 1 is 1.44 bits per heavy atom. The van der Waals surface area contributed by atoms with Crippen LogP contribution in [-0.2, 0) is 17.7 Å². The van der Waals surface area contributed by atoms with E-state index in [0.29, 0.717) is 0 Å². The molecule has 1 aliphatic heterocycles. The molecule has 0 unspecified atom stereocenters. The highest BCUT2D eigenvalue weighted by atomic mass is 16.5. The summed E-state index contributed by atoms with van der Waals surface area (Å²) in [5.41, 5.74) is 2.66. The highest BCUT2D eigenvalue weighted by molar-refractivity contribution is 5.39. The van der Waals surface area contributed by atoms with Gasteiger partial charge >= 0.3 is 0 Å². The molecule has 0 amide bonds. The van der Waals surface area contributed by atoms with Crippen LogP contribution < -0.4 is 10.1 Å². The molecule has 0 atom stereocenters. The Morgan fingerprint density at radius 2 is 2.38 bits per heavy atom. The SMILES string of the molecule is CCOCCNCc1ccc2c(c1)CCO2. The van der Waals surface area contributed by atoms with Gasteiger partial charge in [-0.1, -0.05) is 12.1 Å². The van der Waals surface area contributed by atoms with Gasteiger partial charge in [0.25, 0.3) is 0 Å². The third kappa shape index (κ3) is 2.97. The van der Waals surface area contributed by atoms with E-state index in [1.54, 1.807) is 0 Å². The monoisotopic (exact) mass is 221 g/mol. The number of hydrogen-bond acceptors (Lipinski definition) is 3. The molecule has 0 bridgehead atoms. The summed E-state index contributed by atoms with van der Waals surface area (Å²) >= 11 is 0. The third-order valence-corrected chi connectivity index (χ3v) is 2.71. The molecule has 3 nitrogen and oxygen atoms in total. The van der Waals surface area contributed by atoms with Crippen molar-refractivity contribution < 1.29 is 9.47 Å². The zero-order chi connectivity index (χ0) is 11.2. The Hall–Kier alpha value is -1.06. The third-order valence-electron chi connectivity index (χ3n) is 2.71. The summed E-state index contributed by atoms with van der Waals surface area (Å²) in [5, 5.41) is 3.36. The molecule has 0 saturated carbocycles. The quantitative estimate of drug-likeness (QED) is 0.742. The summed E-state index contributed by atoms with van der Waals surface area (Å²) in [6.07, 6.45) is 1.04. The van der Waals surface area contributed by atoms with E-state index in [2.05, 4.69) is 23.5 Å². The van der Waals surface area contributed by atoms with Crippen molar-refractivity contribution in [2.75, 3.05) is 26.4 Å². The molecule has 1 heterocycles. The summed E-state index contributed by atoms with van der Waals surface area (Å²) in [6.45, 7) is 6.22. The van der Waals surface area contributed by atoms with Gasteiger partial charge in [-0.25, -0.2) is 0 Å². The minimum atomic E-state index is 0.782. The summed E-state index contributed by atoms with van der Waals surface area (Å²) < 4.78 is 10.7. The van der Waals surface area contributed by atoms with E-state index in [0.717, 1.165) is 45.1 Å². The molecular weight excluding hydrogens is 202 g/mol. The van der Waals surface area contributed by atoms with Crippen LogP contribution in [0.5, 0.6) is 5.75 Å². The van der Waals surface area contributed by atoms with Gasteiger partial charge in [0.05, 0.1) is 13.2 Å². The lowest BCUT2D eigenvalue weighted by Crippen LogP contribution is -2.19. The fourth-order valence-electron chi connectivity index (χ4n) is 1.87. The topological polar surface area (TPSA) is 30.5 Å². The average Bonchev–Trinajstić information content (AvgIpc) is 2.76. The average molecular weight is 221 g/mol. The predicted molar refractivity (Wildman–Crippen MR) is 63.8 cm³/mol. The summed E-state index contributed by atoms with van der Waals surface area (Å²) in [7, 11) is 0. The lowest BCUT2D eigenvalue weighted by atomic mass is 10.1. The molecule has 0 spiro atoms. The van der Waals surface area contributed by atoms with Crippen molar-refractivity contribution in [1.29, 1.82) is 0 Å². The second kappa shape index (κ2) is 5.87. The van der Waals surface area contributed by atoms with E-state index >= 15 is 0 Å². The van der Waals surface area contributed by atoms with E-state index < -0.39 is 0 Å². The number of rotatable bonds is 6. The van der Waals surface area contributed by atoms with Crippen LogP contribution in [0.25, 0.3) is 0 Å². The molecule has 88 valence electrons. The van der Waals surface area contributed by atoms with Gasteiger partial charge in [0, 0.05) is 26.1 Å². The van der Waals surface area contributed by atoms with Crippen molar-refractivity contribution in [1.82, 2.24) is 5.32 Å². The van der Waals surface area contributed by atoms with Crippen LogP contribution in [0.2, 0.25) is 0 Å². The van der Waals surface area contributed by atoms with Crippen molar-refractivity contribution in [3.63, 3.8) is 0 Å². The van der Waals surface area contributed by atoms with Crippen LogP contribution in [0.3, 0.4) is 0 Å². The molecule has 0 aromatic heterocycles. The van der Waals surface area contributed by atoms with E-state index in [4.69, 9.17) is 9.47 Å². The molecule has 0 radical (unpaired) electrons. The largest absolute Gasteiger partial charge is 0.493 e. The molecule has 1 aliphatic rings. The van der Waals surface area contributed by atoms with Crippen LogP contribution in [0.4, 0.5) is 0 Å². The molecular formula is C13H19NO2. The Morgan fingerprint density at radius 3 is 3.25 bits per heavy atom. The molecule has 16 heavy (non-hydrogen) atoms. The van der Waals surface area contributed by atoms with Crippen LogP contribution >= 0.6 is 0 Å². The number of benzene rings is 1. The first-order valence-electron chi connectivity index (χ1n) is 5.93. The molecule has 0 aliphatic carbocycles. The van der Waals surface area contributed by atoms with Crippen LogP contribution in [-0.4, -0.2) is 26.4 Å². The molecule has 1 aromatic rings. The molecule has 0 saturated heterocycles. The van der Waals surface area contributed by atoms with Crippen LogP contribution in [0.1, 0.15) is 18.1 Å². The summed E-state index contributed by atoms with van der Waals surface area (Å²) in [5.74, 6) is 1.05. The van der Waals surface area contributed by atoms with E-state index in [1.807, 2.05) is 6.92 Å². The van der Waals surface area contributed by atoms with Crippen molar-refractivity contribution in [3.8, 4) is 5.75 Å². The lowest BCUT2D eigenvalue weighted by molar-refractivity contribution is 0.149. The van der Waals surface area contributed by atoms with Crippen molar-refractivity contribution >= 4 is 0 Å². The van der Waals surface area contributed by atoms with Gasteiger partial charge in [0.2, 0.25) is 0 Å². The minimum absolute atomic E-state index is 0.782. The van der Waals surface area contributed by atoms with Gasteiger partial charge in [-0.3, -0.25) is 0 Å². The molecule has 1 aromatic carbocycles. The first-order chi connectivity index (χ1) is 7.90. The first kappa shape index (κ1) is 11.4. The van der Waals surface area contributed by atoms with E-state index in [1.165, 1.54) is 11.1 Å². The number of fused-ring (bicyclic) bond motifs is 1. The summed E-state index contributed by atoms with van der Waals surface area (Å²) in [4.78, 5) is 0. The van der Waals surface area contributed by atoms with E-state index in [9.17, 15) is 0 Å². The number of ether oxygens (including phenoxy) is 2. The maximum atomic E-state index is 5.47. The Labute approximate surface area is 96.8 Å². The first-order valence-corrected chi connectivity index (χ1v) is 5.93. The normalized spacial score (nSPS) is 13.6. The minimum Gasteiger partial charge on any atom is -0.493 e. The van der Waals surface area contributed by atoms with Crippen LogP contribution in [0.15, 0.2) is 18.2 Å². The Kier molecular flexibility index (Phi) is 4.19. The summed E-state index contributed by atoms with van der Waals surface area (Å²) in [6, 6.07) is 6.43. The second-order valence-electron chi connectivity index (χ2n) is 3.91. The maximum Gasteiger partial charge on any atom is 0.122 e. The zero-order valence-corrected chi connectivity index (χ0v) is 9.79. The smallest absolute Gasteiger partial charge is 0.122 e. The highest BCUT2D eigenvalue weighted by Gasteiger charge is 2.11. The lowest BCUT2D eigenvalue weighted by Gasteiger charge is -2.06. The Balaban J connectivity index is 1.77. The predicted octanol–water partition coefficient (Wildman–Crippen LogP) is 1.75. The van der Waals surface area contributed by atoms with Crippen molar-refractivity contribution in [2.24, 2.45) is 0 Å². The van der Waals surface area contributed by atoms with Gasteiger partial charge < -0.3 is 14.8 Å². The fourth-order valence-corrected chi connectivity index (χ4v) is 1.87. The van der Waals surface area contributed by atoms with Gasteiger partial charge in [0.1, 0.15) is 5.75 Å². The maximum absolute atomic E-state index is 5.47. The van der Waals surface area contributed by atoms with E-state index in [-0.39, 0.29) is 0 Å². The Bertz CT molecular complexity index is 339. The number of hydrogen-bond donors (Lipinski definition) is 1. The van der Waals surface area contributed by atoms with Gasteiger partial charge in [-0.2, -0.15) is 0 Å². The molecule has 2 rings (SSSR count). The van der Waals surface area contributed by atoms with Crippen LogP contribution in [0, 0.1) is 0 Å². The fraction of sp³-hybridized carbons (Fsp3) is 0.538. The molecule has 3 heteroatoms. The van der Waals surface area contributed by atoms with Gasteiger partial charge in [-0.05, 0) is 24.1 Å².